The molecule has 12 heavy (non-hydrogen) atoms. The predicted molar refractivity (Wildman–Crippen MR) is 54.3 cm³/mol. The first-order chi connectivity index (χ1) is 5.42. The second-order valence-electron chi connectivity index (χ2n) is 3.70. The molecule has 0 bridgehead atoms. The molecule has 0 aliphatic carbocycles. The zero-order valence-corrected chi connectivity index (χ0v) is 9.86. The van der Waals surface area contributed by atoms with Gasteiger partial charge in [0.25, 0.3) is 0 Å². The molecule has 0 saturated carbocycles. The highest BCUT2D eigenvalue weighted by molar-refractivity contribution is 9.09. The van der Waals surface area contributed by atoms with E-state index in [4.69, 9.17) is 0 Å². The van der Waals surface area contributed by atoms with Crippen LogP contribution in [0.3, 0.4) is 0 Å². The molecule has 0 amide bonds. The van der Waals surface area contributed by atoms with Crippen molar-refractivity contribution >= 4 is 25.8 Å². The van der Waals surface area contributed by atoms with E-state index in [1.165, 1.54) is 0 Å². The third-order valence-electron chi connectivity index (χ3n) is 2.74. The Kier molecular flexibility index (Phi) is 3.21. The summed E-state index contributed by atoms with van der Waals surface area (Å²) >= 11 is 3.49. The van der Waals surface area contributed by atoms with Crippen molar-refractivity contribution in [2.24, 2.45) is 11.8 Å². The molecule has 1 aliphatic heterocycles. The molecule has 1 heterocycles. The Morgan fingerprint density at radius 1 is 1.42 bits per heavy atom. The van der Waals surface area contributed by atoms with Gasteiger partial charge in [-0.15, -0.1) is 0 Å². The average molecular weight is 255 g/mol. The molecule has 0 spiro atoms. The molecule has 1 fully saturated rings. The fourth-order valence-corrected chi connectivity index (χ4v) is 4.00. The normalized spacial score (nSPS) is 33.1. The second kappa shape index (κ2) is 3.66. The topological polar surface area (TPSA) is 34.1 Å². The Morgan fingerprint density at radius 2 is 2.00 bits per heavy atom. The molecular weight excluding hydrogens is 240 g/mol. The van der Waals surface area contributed by atoms with Gasteiger partial charge in [-0.2, -0.15) is 0 Å². The molecule has 2 nitrogen and oxygen atoms in total. The number of hydrogen-bond acceptors (Lipinski definition) is 2. The van der Waals surface area contributed by atoms with Gasteiger partial charge in [-0.05, 0) is 18.3 Å². The first-order valence-electron chi connectivity index (χ1n) is 4.27. The Bertz CT molecular complexity index is 246. The SMILES string of the molecule is CC(Br)C(C)C1CCS(=O)(=O)C1. The Hall–Kier alpha value is 0.430. The van der Waals surface area contributed by atoms with Gasteiger partial charge in [0.05, 0.1) is 11.5 Å². The molecule has 1 aliphatic rings. The molecular formula is C8H15BrO2S. The smallest absolute Gasteiger partial charge is 0.150 e. The van der Waals surface area contributed by atoms with Gasteiger partial charge in [0.15, 0.2) is 9.84 Å². The predicted octanol–water partition coefficient (Wildman–Crippen LogP) is 1.84. The molecule has 0 aromatic rings. The number of halogens is 1. The fourth-order valence-electron chi connectivity index (χ4n) is 1.61. The zero-order valence-electron chi connectivity index (χ0n) is 7.46. The van der Waals surface area contributed by atoms with Crippen LogP contribution in [0.4, 0.5) is 0 Å². The summed E-state index contributed by atoms with van der Waals surface area (Å²) in [5, 5.41) is 0. The largest absolute Gasteiger partial charge is 0.229 e. The lowest BCUT2D eigenvalue weighted by molar-refractivity contribution is 0.397. The summed E-state index contributed by atoms with van der Waals surface area (Å²) in [4.78, 5) is 0.413. The highest BCUT2D eigenvalue weighted by atomic mass is 79.9. The Labute approximate surface area is 82.8 Å². The van der Waals surface area contributed by atoms with E-state index in [1.54, 1.807) is 0 Å². The van der Waals surface area contributed by atoms with Crippen LogP contribution in [0.1, 0.15) is 20.3 Å². The van der Waals surface area contributed by atoms with Gasteiger partial charge in [0.2, 0.25) is 0 Å². The molecule has 1 saturated heterocycles. The van der Waals surface area contributed by atoms with Crippen LogP contribution in [0.15, 0.2) is 0 Å². The molecule has 0 aromatic heterocycles. The van der Waals surface area contributed by atoms with Gasteiger partial charge in [0.1, 0.15) is 0 Å². The number of hydrogen-bond donors (Lipinski definition) is 0. The third-order valence-corrected chi connectivity index (χ3v) is 5.36. The third kappa shape index (κ3) is 2.46. The maximum Gasteiger partial charge on any atom is 0.150 e. The van der Waals surface area contributed by atoms with Crippen molar-refractivity contribution in [2.75, 3.05) is 11.5 Å². The molecule has 0 radical (unpaired) electrons. The summed E-state index contributed by atoms with van der Waals surface area (Å²) in [5.74, 6) is 1.61. The summed E-state index contributed by atoms with van der Waals surface area (Å²) in [6.07, 6.45) is 0.847. The summed E-state index contributed by atoms with van der Waals surface area (Å²) in [7, 11) is -2.69. The minimum atomic E-state index is -2.69. The van der Waals surface area contributed by atoms with E-state index in [0.29, 0.717) is 28.2 Å². The van der Waals surface area contributed by atoms with Crippen molar-refractivity contribution in [2.45, 2.75) is 25.1 Å². The van der Waals surface area contributed by atoms with Crippen molar-refractivity contribution < 1.29 is 8.42 Å². The minimum Gasteiger partial charge on any atom is -0.229 e. The van der Waals surface area contributed by atoms with Gasteiger partial charge in [-0.3, -0.25) is 0 Å². The standard InChI is InChI=1S/C8H15BrO2S/c1-6(7(2)9)8-3-4-12(10,11)5-8/h6-8H,3-5H2,1-2H3. The van der Waals surface area contributed by atoms with Crippen LogP contribution in [0, 0.1) is 11.8 Å². The van der Waals surface area contributed by atoms with E-state index in [-0.39, 0.29) is 0 Å². The van der Waals surface area contributed by atoms with E-state index >= 15 is 0 Å². The lowest BCUT2D eigenvalue weighted by Gasteiger charge is -2.19. The Balaban J connectivity index is 2.58. The summed E-state index contributed by atoms with van der Waals surface area (Å²) < 4.78 is 22.3. The molecule has 72 valence electrons. The Morgan fingerprint density at radius 3 is 2.33 bits per heavy atom. The molecule has 3 unspecified atom stereocenters. The first kappa shape index (κ1) is 10.5. The van der Waals surface area contributed by atoms with Crippen LogP contribution in [0.5, 0.6) is 0 Å². The van der Waals surface area contributed by atoms with Crippen molar-refractivity contribution in [1.82, 2.24) is 0 Å². The maximum absolute atomic E-state index is 11.2. The highest BCUT2D eigenvalue weighted by Crippen LogP contribution is 2.30. The van der Waals surface area contributed by atoms with Crippen molar-refractivity contribution in [3.8, 4) is 0 Å². The molecule has 0 aromatic carbocycles. The quantitative estimate of drug-likeness (QED) is 0.705. The van der Waals surface area contributed by atoms with Gasteiger partial charge in [-0.25, -0.2) is 8.42 Å². The average Bonchev–Trinajstić information content (AvgIpc) is 2.28. The van der Waals surface area contributed by atoms with Gasteiger partial charge in [-0.1, -0.05) is 29.8 Å². The summed E-state index contributed by atoms with van der Waals surface area (Å²) in [5.41, 5.74) is 0. The van der Waals surface area contributed by atoms with Gasteiger partial charge < -0.3 is 0 Å². The van der Waals surface area contributed by atoms with Crippen molar-refractivity contribution in [3.63, 3.8) is 0 Å². The molecule has 0 N–H and O–H groups in total. The molecule has 3 atom stereocenters. The van der Waals surface area contributed by atoms with Crippen LogP contribution >= 0.6 is 15.9 Å². The summed E-state index contributed by atoms with van der Waals surface area (Å²) in [6.45, 7) is 4.19. The van der Waals surface area contributed by atoms with Crippen LogP contribution < -0.4 is 0 Å². The van der Waals surface area contributed by atoms with Crippen molar-refractivity contribution in [1.29, 1.82) is 0 Å². The van der Waals surface area contributed by atoms with Gasteiger partial charge in [0, 0.05) is 4.83 Å². The van der Waals surface area contributed by atoms with Crippen molar-refractivity contribution in [3.05, 3.63) is 0 Å². The molecule has 1 rings (SSSR count). The zero-order chi connectivity index (χ0) is 9.35. The summed E-state index contributed by atoms with van der Waals surface area (Å²) in [6, 6.07) is 0. The van der Waals surface area contributed by atoms with Gasteiger partial charge >= 0.3 is 0 Å². The molecule has 4 heteroatoms. The first-order valence-corrected chi connectivity index (χ1v) is 7.00. The van der Waals surface area contributed by atoms with E-state index in [9.17, 15) is 8.42 Å². The van der Waals surface area contributed by atoms with E-state index < -0.39 is 9.84 Å². The highest BCUT2D eigenvalue weighted by Gasteiger charge is 2.32. The van der Waals surface area contributed by atoms with Crippen LogP contribution in [0.25, 0.3) is 0 Å². The van der Waals surface area contributed by atoms with Crippen LogP contribution in [-0.2, 0) is 9.84 Å². The number of rotatable bonds is 2. The van der Waals surface area contributed by atoms with Crippen LogP contribution in [0.2, 0.25) is 0 Å². The van der Waals surface area contributed by atoms with E-state index in [1.807, 2.05) is 0 Å². The number of sulfone groups is 1. The van der Waals surface area contributed by atoms with Crippen LogP contribution in [-0.4, -0.2) is 24.8 Å². The minimum absolute atomic E-state index is 0.365. The monoisotopic (exact) mass is 254 g/mol. The maximum atomic E-state index is 11.2. The second-order valence-corrected chi connectivity index (χ2v) is 7.37. The van der Waals surface area contributed by atoms with E-state index in [2.05, 4.69) is 29.8 Å². The number of alkyl halides is 1. The van der Waals surface area contributed by atoms with E-state index in [0.717, 1.165) is 6.42 Å². The lowest BCUT2D eigenvalue weighted by atomic mass is 9.91. The lowest BCUT2D eigenvalue weighted by Crippen LogP contribution is -2.19. The fraction of sp³-hybridized carbons (Fsp3) is 1.00.